The van der Waals surface area contributed by atoms with Crippen molar-refractivity contribution in [1.82, 2.24) is 0 Å². The Bertz CT molecular complexity index is 784. The van der Waals surface area contributed by atoms with Crippen LogP contribution in [0, 0.1) is 0 Å². The Balaban J connectivity index is 2.58. The number of hydrogen-bond acceptors (Lipinski definition) is 4. The number of nitrogens with one attached hydrogen (secondary N) is 1. The summed E-state index contributed by atoms with van der Waals surface area (Å²) in [4.78, 5) is 11.5. The van der Waals surface area contributed by atoms with E-state index in [1.54, 1.807) is 6.08 Å². The molecule has 0 saturated carbocycles. The van der Waals surface area contributed by atoms with Crippen LogP contribution in [0.5, 0.6) is 5.75 Å². The number of aliphatic carboxylic acids is 1. The van der Waals surface area contributed by atoms with E-state index >= 15 is 0 Å². The number of rotatable bonds is 10. The first-order chi connectivity index (χ1) is 13.1. The molecule has 0 unspecified atom stereocenters. The second-order valence-corrected chi connectivity index (χ2v) is 6.13. The van der Waals surface area contributed by atoms with Gasteiger partial charge in [-0.15, -0.1) is 0 Å². The number of benzene rings is 2. The van der Waals surface area contributed by atoms with Crippen LogP contribution in [0.4, 0.5) is 5.69 Å². The Hall–Kier alpha value is -2.79. The molecule has 0 amide bonds. The maximum absolute atomic E-state index is 11.5. The lowest BCUT2D eigenvalue weighted by molar-refractivity contribution is -0.133. The van der Waals surface area contributed by atoms with E-state index in [1.165, 1.54) is 7.11 Å². The predicted molar refractivity (Wildman–Crippen MR) is 109 cm³/mol. The summed E-state index contributed by atoms with van der Waals surface area (Å²) in [5, 5.41) is 12.6. The van der Waals surface area contributed by atoms with Crippen molar-refractivity contribution in [3.05, 3.63) is 53.6 Å². The minimum atomic E-state index is -1.00. The summed E-state index contributed by atoms with van der Waals surface area (Å²) in [5.74, 6) is -0.271. The quantitative estimate of drug-likeness (QED) is 0.470. The van der Waals surface area contributed by atoms with E-state index in [-0.39, 0.29) is 12.2 Å². The molecule has 0 atom stereocenters. The van der Waals surface area contributed by atoms with Gasteiger partial charge in [-0.2, -0.15) is 0 Å². The molecule has 0 bridgehead atoms. The molecule has 5 nitrogen and oxygen atoms in total. The molecule has 0 aliphatic carbocycles. The molecule has 27 heavy (non-hydrogen) atoms. The van der Waals surface area contributed by atoms with Crippen LogP contribution in [-0.2, 0) is 9.53 Å². The van der Waals surface area contributed by atoms with Crippen molar-refractivity contribution >= 4 is 17.7 Å². The largest absolute Gasteiger partial charge is 0.491 e. The van der Waals surface area contributed by atoms with Crippen molar-refractivity contribution in [3.8, 4) is 16.9 Å². The van der Waals surface area contributed by atoms with Gasteiger partial charge in [0.05, 0.1) is 24.5 Å². The predicted octanol–water partition coefficient (Wildman–Crippen LogP) is 4.69. The first kappa shape index (κ1) is 20.5. The molecule has 0 aliphatic rings. The molecule has 0 fully saturated rings. The highest BCUT2D eigenvalue weighted by molar-refractivity contribution is 5.95. The summed E-state index contributed by atoms with van der Waals surface area (Å²) in [6.07, 6.45) is 3.60. The van der Waals surface area contributed by atoms with Crippen LogP contribution in [0.15, 0.2) is 48.0 Å². The molecule has 2 N–H and O–H groups in total. The third kappa shape index (κ3) is 5.34. The van der Waals surface area contributed by atoms with Crippen molar-refractivity contribution in [2.45, 2.75) is 19.8 Å². The highest BCUT2D eigenvalue weighted by atomic mass is 16.5. The summed E-state index contributed by atoms with van der Waals surface area (Å²) in [6.45, 7) is 2.75. The zero-order chi connectivity index (χ0) is 19.6. The average molecular weight is 369 g/mol. The van der Waals surface area contributed by atoms with Gasteiger partial charge in [0.15, 0.2) is 5.75 Å². The minimum absolute atomic E-state index is 0.0327. The Morgan fingerprint density at radius 3 is 2.52 bits per heavy atom. The van der Waals surface area contributed by atoms with Crippen LogP contribution >= 0.6 is 0 Å². The standard InChI is InChI=1S/C22H27NO4/c1-4-5-13-27-21-19(16-9-7-6-8-10-16)12-11-17(20(21)23-2)14-18(15-26-3)22(24)25/h6-12,14,23H,4-5,13,15H2,1-3H3,(H,24,25)/b18-14-. The minimum Gasteiger partial charge on any atom is -0.491 e. The Morgan fingerprint density at radius 1 is 1.19 bits per heavy atom. The maximum Gasteiger partial charge on any atom is 0.333 e. The fraction of sp³-hybridized carbons (Fsp3) is 0.318. The molecule has 0 aromatic heterocycles. The molecule has 0 saturated heterocycles. The molecule has 0 spiro atoms. The Kier molecular flexibility index (Phi) is 7.89. The lowest BCUT2D eigenvalue weighted by atomic mass is 9.99. The van der Waals surface area contributed by atoms with E-state index in [0.717, 1.165) is 41.0 Å². The number of carbonyl (C=O) groups is 1. The van der Waals surface area contributed by atoms with Crippen LogP contribution in [0.2, 0.25) is 0 Å². The van der Waals surface area contributed by atoms with Crippen molar-refractivity contribution < 1.29 is 19.4 Å². The van der Waals surface area contributed by atoms with Gasteiger partial charge in [-0.25, -0.2) is 4.79 Å². The fourth-order valence-corrected chi connectivity index (χ4v) is 2.80. The lowest BCUT2D eigenvalue weighted by Gasteiger charge is -2.18. The zero-order valence-corrected chi connectivity index (χ0v) is 16.1. The van der Waals surface area contributed by atoms with Crippen molar-refractivity contribution in [3.63, 3.8) is 0 Å². The van der Waals surface area contributed by atoms with Crippen LogP contribution in [0.1, 0.15) is 25.3 Å². The van der Waals surface area contributed by atoms with E-state index in [9.17, 15) is 9.90 Å². The van der Waals surface area contributed by atoms with E-state index in [4.69, 9.17) is 9.47 Å². The summed E-state index contributed by atoms with van der Waals surface area (Å²) >= 11 is 0. The van der Waals surface area contributed by atoms with Crippen LogP contribution in [0.3, 0.4) is 0 Å². The molecule has 2 aromatic carbocycles. The van der Waals surface area contributed by atoms with Gasteiger partial charge in [-0.05, 0) is 24.1 Å². The van der Waals surface area contributed by atoms with Gasteiger partial charge in [0.2, 0.25) is 0 Å². The Morgan fingerprint density at radius 2 is 1.93 bits per heavy atom. The van der Waals surface area contributed by atoms with E-state index in [1.807, 2.05) is 49.5 Å². The third-order valence-electron chi connectivity index (χ3n) is 4.17. The van der Waals surface area contributed by atoms with Crippen molar-refractivity contribution in [2.75, 3.05) is 32.7 Å². The van der Waals surface area contributed by atoms with Crippen LogP contribution in [0.25, 0.3) is 17.2 Å². The van der Waals surface area contributed by atoms with Gasteiger partial charge in [-0.1, -0.05) is 49.7 Å². The fourth-order valence-electron chi connectivity index (χ4n) is 2.80. The summed E-state index contributed by atoms with van der Waals surface area (Å²) in [7, 11) is 3.29. The number of carboxylic acids is 1. The topological polar surface area (TPSA) is 67.8 Å². The van der Waals surface area contributed by atoms with Gasteiger partial charge >= 0.3 is 5.97 Å². The number of hydrogen-bond donors (Lipinski definition) is 2. The SMILES string of the molecule is CCCCOc1c(-c2ccccc2)ccc(/C=C(/COC)C(=O)O)c1NC. The highest BCUT2D eigenvalue weighted by Crippen LogP contribution is 2.40. The van der Waals surface area contributed by atoms with Crippen LogP contribution in [-0.4, -0.2) is 38.4 Å². The first-order valence-corrected chi connectivity index (χ1v) is 9.08. The normalized spacial score (nSPS) is 11.3. The molecule has 2 rings (SSSR count). The Labute approximate surface area is 160 Å². The van der Waals surface area contributed by atoms with Gasteiger partial charge < -0.3 is 19.9 Å². The molecule has 0 aliphatic heterocycles. The van der Waals surface area contributed by atoms with Gasteiger partial charge in [0, 0.05) is 25.3 Å². The third-order valence-corrected chi connectivity index (χ3v) is 4.17. The molecule has 144 valence electrons. The average Bonchev–Trinajstić information content (AvgIpc) is 2.68. The maximum atomic E-state index is 11.5. The number of ether oxygens (including phenoxy) is 2. The summed E-state index contributed by atoms with van der Waals surface area (Å²) in [6, 6.07) is 13.9. The zero-order valence-electron chi connectivity index (χ0n) is 16.1. The van der Waals surface area contributed by atoms with E-state index in [0.29, 0.717) is 6.61 Å². The van der Waals surface area contributed by atoms with Crippen molar-refractivity contribution in [1.29, 1.82) is 0 Å². The summed E-state index contributed by atoms with van der Waals surface area (Å²) < 4.78 is 11.1. The summed E-state index contributed by atoms with van der Waals surface area (Å²) in [5.41, 5.74) is 3.71. The number of methoxy groups -OCH3 is 1. The van der Waals surface area contributed by atoms with Gasteiger partial charge in [0.1, 0.15) is 0 Å². The first-order valence-electron chi connectivity index (χ1n) is 9.08. The second kappa shape index (κ2) is 10.4. The molecule has 0 heterocycles. The number of unbranched alkanes of at least 4 members (excludes halogenated alkanes) is 1. The molecule has 5 heteroatoms. The van der Waals surface area contributed by atoms with Gasteiger partial charge in [-0.3, -0.25) is 0 Å². The molecular weight excluding hydrogens is 342 g/mol. The van der Waals surface area contributed by atoms with Gasteiger partial charge in [0.25, 0.3) is 0 Å². The molecular formula is C22H27NO4. The highest BCUT2D eigenvalue weighted by Gasteiger charge is 2.16. The van der Waals surface area contributed by atoms with Crippen molar-refractivity contribution in [2.24, 2.45) is 0 Å². The smallest absolute Gasteiger partial charge is 0.333 e. The monoisotopic (exact) mass is 369 g/mol. The molecule has 0 radical (unpaired) electrons. The van der Waals surface area contributed by atoms with Crippen LogP contribution < -0.4 is 10.1 Å². The van der Waals surface area contributed by atoms with E-state index in [2.05, 4.69) is 12.2 Å². The van der Waals surface area contributed by atoms with E-state index < -0.39 is 5.97 Å². The number of anilines is 1. The lowest BCUT2D eigenvalue weighted by Crippen LogP contribution is -2.08. The number of carboxylic acid groups (broad SMARTS) is 1. The second-order valence-electron chi connectivity index (χ2n) is 6.13. The molecule has 2 aromatic rings.